The fraction of sp³-hybridized carbons (Fsp3) is 0.429. The third-order valence-electron chi connectivity index (χ3n) is 0.805. The van der Waals surface area contributed by atoms with Crippen molar-refractivity contribution in [1.29, 1.82) is 0 Å². The summed E-state index contributed by atoms with van der Waals surface area (Å²) in [6, 6.07) is 0. The zero-order valence-corrected chi connectivity index (χ0v) is 6.21. The van der Waals surface area contributed by atoms with Gasteiger partial charge in [-0.25, -0.2) is 0 Å². The van der Waals surface area contributed by atoms with Crippen LogP contribution in [0.25, 0.3) is 0 Å². The summed E-state index contributed by atoms with van der Waals surface area (Å²) in [5.74, 6) is 2.26. The summed E-state index contributed by atoms with van der Waals surface area (Å²) in [6.45, 7) is 7.31. The van der Waals surface area contributed by atoms with Crippen LogP contribution in [0.3, 0.4) is 0 Å². The van der Waals surface area contributed by atoms with Gasteiger partial charge < -0.3 is 0 Å². The largest absolute Gasteiger partial charge is 0.126 e. The Morgan fingerprint density at radius 2 is 1.62 bits per heavy atom. The van der Waals surface area contributed by atoms with E-state index in [1.54, 1.807) is 0 Å². The van der Waals surface area contributed by atoms with Gasteiger partial charge in [0, 0.05) is 0 Å². The van der Waals surface area contributed by atoms with Gasteiger partial charge in [-0.15, -0.1) is 0 Å². The average molecular weight is 129 g/mol. The Morgan fingerprint density at radius 3 is 1.88 bits per heavy atom. The van der Waals surface area contributed by atoms with Crippen LogP contribution in [0.15, 0.2) is 25.3 Å². The fourth-order valence-electron chi connectivity index (χ4n) is 0.470. The summed E-state index contributed by atoms with van der Waals surface area (Å²) in [7, 11) is 0.494. The molecule has 0 heterocycles. The Labute approximate surface area is 54.6 Å². The molecule has 0 saturated heterocycles. The first kappa shape index (κ1) is 7.83. The van der Waals surface area contributed by atoms with Crippen LogP contribution in [0, 0.1) is 0 Å². The van der Waals surface area contributed by atoms with Crippen LogP contribution >= 0.6 is 0 Å². The van der Waals surface area contributed by atoms with E-state index < -0.39 is 0 Å². The Bertz CT molecular complexity index is 66.5. The van der Waals surface area contributed by atoms with Gasteiger partial charge in [0.25, 0.3) is 0 Å². The normalized spacial score (nSPS) is 9.25. The predicted molar refractivity (Wildman–Crippen MR) is 43.4 cm³/mol. The molecule has 0 aliphatic rings. The lowest BCUT2D eigenvalue weighted by Crippen LogP contribution is -2.04. The maximum absolute atomic E-state index is 3.66. The van der Waals surface area contributed by atoms with Crippen molar-refractivity contribution in [3.63, 3.8) is 0 Å². The Balaban J connectivity index is 3.16. The highest BCUT2D eigenvalue weighted by Gasteiger charge is 2.01. The van der Waals surface area contributed by atoms with Crippen LogP contribution in [-0.4, -0.2) is 17.8 Å². The molecule has 46 valence electrons. The van der Waals surface area contributed by atoms with Crippen molar-refractivity contribution in [2.75, 3.05) is 17.8 Å². The standard InChI is InChI=1S/C7H13S/c1-4-6-8(3)7-5-2/h4-5H,1-2,6-7H2,3H3/q+1. The maximum Gasteiger partial charge on any atom is 0.126 e. The van der Waals surface area contributed by atoms with Gasteiger partial charge >= 0.3 is 0 Å². The topological polar surface area (TPSA) is 0 Å². The number of hydrogen-bond acceptors (Lipinski definition) is 0. The van der Waals surface area contributed by atoms with Crippen LogP contribution in [0.5, 0.6) is 0 Å². The molecule has 0 aromatic carbocycles. The van der Waals surface area contributed by atoms with Gasteiger partial charge in [-0.1, -0.05) is 13.2 Å². The van der Waals surface area contributed by atoms with Crippen LogP contribution in [0.4, 0.5) is 0 Å². The molecule has 0 fully saturated rings. The number of hydrogen-bond donors (Lipinski definition) is 0. The zero-order valence-electron chi connectivity index (χ0n) is 5.39. The molecule has 0 aliphatic heterocycles. The summed E-state index contributed by atoms with van der Waals surface area (Å²) < 4.78 is 0. The van der Waals surface area contributed by atoms with Crippen LogP contribution in [-0.2, 0) is 10.9 Å². The van der Waals surface area contributed by atoms with Crippen molar-refractivity contribution in [2.24, 2.45) is 0 Å². The Morgan fingerprint density at radius 1 is 1.25 bits per heavy atom. The summed E-state index contributed by atoms with van der Waals surface area (Å²) >= 11 is 0. The first-order chi connectivity index (χ1) is 3.81. The van der Waals surface area contributed by atoms with E-state index in [1.165, 1.54) is 0 Å². The van der Waals surface area contributed by atoms with Crippen LogP contribution in [0.1, 0.15) is 0 Å². The molecule has 0 spiro atoms. The molecular formula is C7H13S+. The monoisotopic (exact) mass is 129 g/mol. The average Bonchev–Trinajstić information content (AvgIpc) is 1.68. The second-order valence-electron chi connectivity index (χ2n) is 1.69. The second kappa shape index (κ2) is 4.98. The van der Waals surface area contributed by atoms with E-state index in [9.17, 15) is 0 Å². The maximum atomic E-state index is 3.66. The van der Waals surface area contributed by atoms with Crippen molar-refractivity contribution in [1.82, 2.24) is 0 Å². The quantitative estimate of drug-likeness (QED) is 0.399. The van der Waals surface area contributed by atoms with Crippen molar-refractivity contribution >= 4 is 10.9 Å². The summed E-state index contributed by atoms with van der Waals surface area (Å²) in [5.41, 5.74) is 0. The molecule has 0 aromatic heterocycles. The van der Waals surface area contributed by atoms with E-state index in [0.717, 1.165) is 11.5 Å². The van der Waals surface area contributed by atoms with E-state index in [2.05, 4.69) is 19.4 Å². The summed E-state index contributed by atoms with van der Waals surface area (Å²) in [5, 5.41) is 0. The lowest BCUT2D eigenvalue weighted by atomic mass is 10.8. The molecule has 8 heavy (non-hydrogen) atoms. The molecule has 0 unspecified atom stereocenters. The molecule has 1 heteroatoms. The van der Waals surface area contributed by atoms with E-state index in [4.69, 9.17) is 0 Å². The van der Waals surface area contributed by atoms with Crippen molar-refractivity contribution < 1.29 is 0 Å². The lowest BCUT2D eigenvalue weighted by Gasteiger charge is -1.92. The third kappa shape index (κ3) is 4.00. The smallest absolute Gasteiger partial charge is 0.0985 e. The molecule has 0 saturated carbocycles. The van der Waals surface area contributed by atoms with E-state index >= 15 is 0 Å². The molecule has 0 bridgehead atoms. The molecular weight excluding hydrogens is 116 g/mol. The van der Waals surface area contributed by atoms with E-state index in [-0.39, 0.29) is 0 Å². The van der Waals surface area contributed by atoms with Crippen LogP contribution < -0.4 is 0 Å². The molecule has 0 aliphatic carbocycles. The second-order valence-corrected chi connectivity index (χ2v) is 3.92. The van der Waals surface area contributed by atoms with Gasteiger partial charge in [-0.05, 0) is 23.0 Å². The van der Waals surface area contributed by atoms with Gasteiger partial charge in [-0.2, -0.15) is 0 Å². The summed E-state index contributed by atoms with van der Waals surface area (Å²) in [4.78, 5) is 0. The minimum absolute atomic E-state index is 0.494. The molecule has 0 N–H and O–H groups in total. The van der Waals surface area contributed by atoms with Gasteiger partial charge in [0.05, 0.1) is 6.26 Å². The first-order valence-corrected chi connectivity index (χ1v) is 4.59. The van der Waals surface area contributed by atoms with Crippen molar-refractivity contribution in [3.05, 3.63) is 25.3 Å². The molecule has 0 rings (SSSR count). The van der Waals surface area contributed by atoms with Gasteiger partial charge in [0.15, 0.2) is 0 Å². The molecule has 0 radical (unpaired) electrons. The van der Waals surface area contributed by atoms with Crippen LogP contribution in [0.2, 0.25) is 0 Å². The molecule has 0 aromatic rings. The van der Waals surface area contributed by atoms with E-state index in [0.29, 0.717) is 10.9 Å². The minimum Gasteiger partial charge on any atom is -0.0985 e. The van der Waals surface area contributed by atoms with Gasteiger partial charge in [-0.3, -0.25) is 0 Å². The highest BCUT2D eigenvalue weighted by atomic mass is 32.2. The SMILES string of the molecule is C=CC[S+](C)CC=C. The van der Waals surface area contributed by atoms with E-state index in [1.807, 2.05) is 12.2 Å². The summed E-state index contributed by atoms with van der Waals surface area (Å²) in [6.07, 6.45) is 6.16. The first-order valence-electron chi connectivity index (χ1n) is 2.62. The minimum atomic E-state index is 0.494. The van der Waals surface area contributed by atoms with Crippen molar-refractivity contribution in [3.8, 4) is 0 Å². The molecule has 0 amide bonds. The number of rotatable bonds is 4. The van der Waals surface area contributed by atoms with Gasteiger partial charge in [0.1, 0.15) is 11.5 Å². The predicted octanol–water partition coefficient (Wildman–Crippen LogP) is 1.61. The Kier molecular flexibility index (Phi) is 4.87. The Hall–Kier alpha value is -0.170. The zero-order chi connectivity index (χ0) is 6.41. The fourth-order valence-corrected chi connectivity index (χ4v) is 1.41. The molecule has 0 atom stereocenters. The highest BCUT2D eigenvalue weighted by Crippen LogP contribution is 1.90. The molecule has 0 nitrogen and oxygen atoms in total. The van der Waals surface area contributed by atoms with Gasteiger partial charge in [0.2, 0.25) is 0 Å². The van der Waals surface area contributed by atoms with Crippen molar-refractivity contribution in [2.45, 2.75) is 0 Å². The third-order valence-corrected chi connectivity index (χ3v) is 2.41. The highest BCUT2D eigenvalue weighted by molar-refractivity contribution is 7.96. The lowest BCUT2D eigenvalue weighted by molar-refractivity contribution is 1.69.